The topological polar surface area (TPSA) is 69.6 Å². The quantitative estimate of drug-likeness (QED) is 0.0563. The van der Waals surface area contributed by atoms with E-state index < -0.39 is 12.1 Å². The Labute approximate surface area is 302 Å². The van der Waals surface area contributed by atoms with Crippen LogP contribution in [0.5, 0.6) is 0 Å². The lowest BCUT2D eigenvalue weighted by atomic mass is 10.0. The molecular formula is C44H89NO3. The van der Waals surface area contributed by atoms with Gasteiger partial charge in [-0.2, -0.15) is 0 Å². The third kappa shape index (κ3) is 36.7. The fourth-order valence-electron chi connectivity index (χ4n) is 7.19. The zero-order valence-corrected chi connectivity index (χ0v) is 33.0. The van der Waals surface area contributed by atoms with Crippen molar-refractivity contribution in [3.8, 4) is 0 Å². The highest BCUT2D eigenvalue weighted by molar-refractivity contribution is 5.76. The Hall–Kier alpha value is -0.610. The Kier molecular flexibility index (Phi) is 40.3. The summed E-state index contributed by atoms with van der Waals surface area (Å²) in [6.45, 7) is 4.36. The Morgan fingerprint density at radius 3 is 0.938 bits per heavy atom. The summed E-state index contributed by atoms with van der Waals surface area (Å²) < 4.78 is 0. The van der Waals surface area contributed by atoms with Crippen LogP contribution in [0, 0.1) is 0 Å². The second-order valence-corrected chi connectivity index (χ2v) is 15.5. The third-order valence-electron chi connectivity index (χ3n) is 10.6. The van der Waals surface area contributed by atoms with Crippen molar-refractivity contribution in [1.29, 1.82) is 0 Å². The van der Waals surface area contributed by atoms with Crippen LogP contribution >= 0.6 is 0 Å². The first-order valence-electron chi connectivity index (χ1n) is 22.2. The van der Waals surface area contributed by atoms with E-state index >= 15 is 0 Å². The molecule has 0 saturated heterocycles. The molecule has 0 aromatic heterocycles. The molecule has 0 aromatic carbocycles. The number of aliphatic hydroxyl groups excluding tert-OH is 2. The summed E-state index contributed by atoms with van der Waals surface area (Å²) in [5.74, 6) is -0.0273. The third-order valence-corrected chi connectivity index (χ3v) is 10.6. The standard InChI is InChI=1S/C44H89NO3/c1-3-5-7-9-11-13-15-16-17-18-19-20-21-22-23-24-25-26-27-28-29-30-32-34-36-38-40-44(48)45-42(41-46)43(47)39-37-35-33-31-14-12-10-8-6-4-2/h42-43,46-47H,3-41H2,1-2H3,(H,45,48)/t42-,43+/m0/s1. The Bertz CT molecular complexity index is 612. The van der Waals surface area contributed by atoms with Gasteiger partial charge in [0, 0.05) is 6.42 Å². The number of carbonyl (C=O) groups excluding carboxylic acids is 1. The molecule has 0 aliphatic rings. The van der Waals surface area contributed by atoms with Crippen molar-refractivity contribution in [2.75, 3.05) is 6.61 Å². The van der Waals surface area contributed by atoms with E-state index in [-0.39, 0.29) is 12.5 Å². The van der Waals surface area contributed by atoms with Gasteiger partial charge in [-0.1, -0.05) is 239 Å². The minimum Gasteiger partial charge on any atom is -0.394 e. The van der Waals surface area contributed by atoms with E-state index in [1.165, 1.54) is 205 Å². The van der Waals surface area contributed by atoms with Crippen LogP contribution < -0.4 is 5.32 Å². The van der Waals surface area contributed by atoms with Gasteiger partial charge in [0.1, 0.15) is 0 Å². The zero-order valence-electron chi connectivity index (χ0n) is 33.0. The second kappa shape index (κ2) is 40.8. The van der Waals surface area contributed by atoms with E-state index in [9.17, 15) is 15.0 Å². The maximum absolute atomic E-state index is 12.4. The highest BCUT2D eigenvalue weighted by Gasteiger charge is 2.20. The molecule has 4 heteroatoms. The molecule has 0 heterocycles. The molecule has 0 unspecified atom stereocenters. The minimum absolute atomic E-state index is 0.0273. The predicted molar refractivity (Wildman–Crippen MR) is 212 cm³/mol. The number of carbonyl (C=O) groups is 1. The van der Waals surface area contributed by atoms with Crippen LogP contribution in [0.15, 0.2) is 0 Å². The molecule has 0 aromatic rings. The maximum atomic E-state index is 12.4. The summed E-state index contributed by atoms with van der Waals surface area (Å²) >= 11 is 0. The van der Waals surface area contributed by atoms with Crippen molar-refractivity contribution < 1.29 is 15.0 Å². The average molecular weight is 680 g/mol. The van der Waals surface area contributed by atoms with E-state index in [4.69, 9.17) is 0 Å². The lowest BCUT2D eigenvalue weighted by Gasteiger charge is -2.22. The summed E-state index contributed by atoms with van der Waals surface area (Å²) in [7, 11) is 0. The number of amides is 1. The van der Waals surface area contributed by atoms with Crippen molar-refractivity contribution in [1.82, 2.24) is 5.32 Å². The number of hydrogen-bond acceptors (Lipinski definition) is 3. The molecule has 0 fully saturated rings. The van der Waals surface area contributed by atoms with Crippen LogP contribution in [0.25, 0.3) is 0 Å². The lowest BCUT2D eigenvalue weighted by molar-refractivity contribution is -0.123. The molecular weight excluding hydrogens is 590 g/mol. The lowest BCUT2D eigenvalue weighted by Crippen LogP contribution is -2.45. The van der Waals surface area contributed by atoms with Crippen LogP contribution in [-0.4, -0.2) is 34.9 Å². The molecule has 0 rings (SSSR count). The van der Waals surface area contributed by atoms with Gasteiger partial charge in [-0.25, -0.2) is 0 Å². The molecule has 48 heavy (non-hydrogen) atoms. The largest absolute Gasteiger partial charge is 0.394 e. The molecule has 3 N–H and O–H groups in total. The van der Waals surface area contributed by atoms with Crippen LogP contribution in [0.2, 0.25) is 0 Å². The van der Waals surface area contributed by atoms with Gasteiger partial charge in [0.15, 0.2) is 0 Å². The maximum Gasteiger partial charge on any atom is 0.220 e. The summed E-state index contributed by atoms with van der Waals surface area (Å²) in [5, 5.41) is 23.1. The highest BCUT2D eigenvalue weighted by Crippen LogP contribution is 2.17. The first-order valence-corrected chi connectivity index (χ1v) is 22.2. The van der Waals surface area contributed by atoms with E-state index in [0.29, 0.717) is 12.8 Å². The monoisotopic (exact) mass is 680 g/mol. The minimum atomic E-state index is -0.651. The Balaban J connectivity index is 3.38. The van der Waals surface area contributed by atoms with Crippen LogP contribution in [0.3, 0.4) is 0 Å². The average Bonchev–Trinajstić information content (AvgIpc) is 3.09. The number of nitrogens with one attached hydrogen (secondary N) is 1. The van der Waals surface area contributed by atoms with Crippen molar-refractivity contribution in [3.05, 3.63) is 0 Å². The van der Waals surface area contributed by atoms with Crippen molar-refractivity contribution >= 4 is 5.91 Å². The summed E-state index contributed by atoms with van der Waals surface area (Å²) in [5.41, 5.74) is 0. The highest BCUT2D eigenvalue weighted by atomic mass is 16.3. The molecule has 0 aliphatic carbocycles. The zero-order chi connectivity index (χ0) is 35.0. The van der Waals surface area contributed by atoms with Gasteiger partial charge in [-0.05, 0) is 12.8 Å². The predicted octanol–water partition coefficient (Wildman–Crippen LogP) is 13.7. The van der Waals surface area contributed by atoms with E-state index in [2.05, 4.69) is 19.2 Å². The normalized spacial score (nSPS) is 12.8. The Morgan fingerprint density at radius 2 is 0.667 bits per heavy atom. The molecule has 0 saturated carbocycles. The first-order chi connectivity index (χ1) is 23.7. The van der Waals surface area contributed by atoms with Crippen molar-refractivity contribution in [3.63, 3.8) is 0 Å². The summed E-state index contributed by atoms with van der Waals surface area (Å²) in [6.07, 6.45) is 49.1. The van der Waals surface area contributed by atoms with E-state index in [1.54, 1.807) is 0 Å². The molecule has 288 valence electrons. The van der Waals surface area contributed by atoms with Crippen LogP contribution in [-0.2, 0) is 4.79 Å². The SMILES string of the molecule is CCCCCCCCCCCCCCCCCCCCCCCCCCCCC(=O)N[C@@H](CO)[C@H](O)CCCCCCCCCCCC. The fourth-order valence-corrected chi connectivity index (χ4v) is 7.19. The molecule has 0 spiro atoms. The molecule has 1 amide bonds. The van der Waals surface area contributed by atoms with Crippen LogP contribution in [0.4, 0.5) is 0 Å². The number of unbranched alkanes of at least 4 members (excludes halogenated alkanes) is 34. The number of rotatable bonds is 41. The van der Waals surface area contributed by atoms with Gasteiger partial charge < -0.3 is 15.5 Å². The van der Waals surface area contributed by atoms with E-state index in [0.717, 1.165) is 25.7 Å². The Morgan fingerprint density at radius 1 is 0.417 bits per heavy atom. The van der Waals surface area contributed by atoms with Gasteiger partial charge >= 0.3 is 0 Å². The van der Waals surface area contributed by atoms with Gasteiger partial charge in [0.05, 0.1) is 18.8 Å². The number of hydrogen-bond donors (Lipinski definition) is 3. The first kappa shape index (κ1) is 47.4. The molecule has 2 atom stereocenters. The van der Waals surface area contributed by atoms with Gasteiger partial charge in [0.25, 0.3) is 0 Å². The van der Waals surface area contributed by atoms with Crippen LogP contribution in [0.1, 0.15) is 258 Å². The van der Waals surface area contributed by atoms with Crippen molar-refractivity contribution in [2.45, 2.75) is 270 Å². The number of aliphatic hydroxyl groups is 2. The molecule has 0 aliphatic heterocycles. The van der Waals surface area contributed by atoms with Crippen molar-refractivity contribution in [2.24, 2.45) is 0 Å². The fraction of sp³-hybridized carbons (Fsp3) is 0.977. The summed E-state index contributed by atoms with van der Waals surface area (Å²) in [6, 6.07) is -0.528. The molecule has 0 radical (unpaired) electrons. The second-order valence-electron chi connectivity index (χ2n) is 15.5. The van der Waals surface area contributed by atoms with Gasteiger partial charge in [0.2, 0.25) is 5.91 Å². The molecule has 4 nitrogen and oxygen atoms in total. The molecule has 0 bridgehead atoms. The van der Waals surface area contributed by atoms with Gasteiger partial charge in [-0.3, -0.25) is 4.79 Å². The summed E-state index contributed by atoms with van der Waals surface area (Å²) in [4.78, 5) is 12.4. The smallest absolute Gasteiger partial charge is 0.220 e. The van der Waals surface area contributed by atoms with Gasteiger partial charge in [-0.15, -0.1) is 0 Å². The van der Waals surface area contributed by atoms with E-state index in [1.807, 2.05) is 0 Å².